The van der Waals surface area contributed by atoms with Gasteiger partial charge in [-0.2, -0.15) is 0 Å². The average molecular weight is 411 g/mol. The highest BCUT2D eigenvalue weighted by molar-refractivity contribution is 5.40. The first-order valence-electron chi connectivity index (χ1n) is 13.0. The smallest absolute Gasteiger partial charge is 0.0462 e. The Morgan fingerprint density at radius 1 is 1.07 bits per heavy atom. The Balaban J connectivity index is 1.51. The maximum Gasteiger partial charge on any atom is 0.0462 e. The lowest BCUT2D eigenvalue weighted by Gasteiger charge is -2.52. The lowest BCUT2D eigenvalue weighted by atomic mass is 9.52. The highest BCUT2D eigenvalue weighted by atomic mass is 16.3. The number of aliphatic hydroxyl groups is 1. The van der Waals surface area contributed by atoms with Gasteiger partial charge in [-0.25, -0.2) is 0 Å². The van der Waals surface area contributed by atoms with Crippen LogP contribution < -0.4 is 0 Å². The molecule has 0 aromatic heterocycles. The molecule has 0 amide bonds. The molecular weight excluding hydrogens is 364 g/mol. The summed E-state index contributed by atoms with van der Waals surface area (Å²) in [5.41, 5.74) is 5.42. The molecule has 0 heterocycles. The zero-order chi connectivity index (χ0) is 21.6. The zero-order valence-corrected chi connectivity index (χ0v) is 20.5. The molecule has 0 bridgehead atoms. The molecule has 0 aliphatic heterocycles. The minimum absolute atomic E-state index is 0.359. The van der Waals surface area contributed by atoms with E-state index in [1.165, 1.54) is 50.5 Å². The summed E-state index contributed by atoms with van der Waals surface area (Å²) in [6, 6.07) is 7.07. The van der Waals surface area contributed by atoms with E-state index >= 15 is 0 Å². The summed E-state index contributed by atoms with van der Waals surface area (Å²) in [5.74, 6) is 5.92. The van der Waals surface area contributed by atoms with E-state index in [9.17, 15) is 5.11 Å². The van der Waals surface area contributed by atoms with Crippen LogP contribution in [0.2, 0.25) is 0 Å². The molecule has 168 valence electrons. The maximum atomic E-state index is 10.1. The topological polar surface area (TPSA) is 20.2 Å². The predicted molar refractivity (Wildman–Crippen MR) is 128 cm³/mol. The van der Waals surface area contributed by atoms with Gasteiger partial charge in [0.05, 0.1) is 0 Å². The lowest BCUT2D eigenvalue weighted by molar-refractivity contribution is 0.00249. The molecule has 1 nitrogen and oxygen atoms in total. The molecule has 3 aliphatic rings. The third-order valence-corrected chi connectivity index (χ3v) is 10.5. The van der Waals surface area contributed by atoms with E-state index in [0.717, 1.165) is 29.6 Å². The summed E-state index contributed by atoms with van der Waals surface area (Å²) in [5, 5.41) is 10.1. The van der Waals surface area contributed by atoms with E-state index < -0.39 is 0 Å². The van der Waals surface area contributed by atoms with Crippen LogP contribution in [0.1, 0.15) is 95.8 Å². The number of aryl methyl sites for hydroxylation is 1. The van der Waals surface area contributed by atoms with Gasteiger partial charge in [0.2, 0.25) is 0 Å². The van der Waals surface area contributed by atoms with Crippen LogP contribution in [0, 0.1) is 53.8 Å². The van der Waals surface area contributed by atoms with E-state index in [1.54, 1.807) is 11.1 Å². The molecule has 2 saturated carbocycles. The summed E-state index contributed by atoms with van der Waals surface area (Å²) in [7, 11) is 0. The summed E-state index contributed by atoms with van der Waals surface area (Å²) in [4.78, 5) is 0. The van der Waals surface area contributed by atoms with E-state index in [4.69, 9.17) is 0 Å². The van der Waals surface area contributed by atoms with Gasteiger partial charge < -0.3 is 5.11 Å². The fraction of sp³-hybridized carbons (Fsp3) is 0.793. The van der Waals surface area contributed by atoms with Crippen molar-refractivity contribution in [3.8, 4) is 0 Å². The standard InChI is InChI=1S/C29H46O/c1-18(2)21(5)22(17-30)16-20(4)27-12-13-28-26-11-10-23-19(3)8-7-9-24(23)25(26)14-15-29(27,28)6/h7-9,18,20-22,25-28,30H,10-17H2,1-6H3/t20-,21-,22-,25-,26-,27-,28+,29-/m1/s1. The number of fused-ring (bicyclic) bond motifs is 5. The second kappa shape index (κ2) is 8.61. The summed E-state index contributed by atoms with van der Waals surface area (Å²) >= 11 is 0. The maximum absolute atomic E-state index is 10.1. The molecule has 0 unspecified atom stereocenters. The van der Waals surface area contributed by atoms with Crippen molar-refractivity contribution < 1.29 is 5.11 Å². The first-order chi connectivity index (χ1) is 14.3. The minimum Gasteiger partial charge on any atom is -0.396 e. The van der Waals surface area contributed by atoms with Gasteiger partial charge in [0.15, 0.2) is 0 Å². The summed E-state index contributed by atoms with van der Waals surface area (Å²) in [6.45, 7) is 14.8. The van der Waals surface area contributed by atoms with Gasteiger partial charge in [0.25, 0.3) is 0 Å². The van der Waals surface area contributed by atoms with E-state index in [2.05, 4.69) is 59.7 Å². The van der Waals surface area contributed by atoms with Crippen LogP contribution in [-0.2, 0) is 6.42 Å². The number of benzene rings is 1. The average Bonchev–Trinajstić information content (AvgIpc) is 3.08. The molecule has 0 radical (unpaired) electrons. The van der Waals surface area contributed by atoms with Gasteiger partial charge >= 0.3 is 0 Å². The van der Waals surface area contributed by atoms with Crippen LogP contribution in [0.15, 0.2) is 18.2 Å². The van der Waals surface area contributed by atoms with Crippen LogP contribution in [0.25, 0.3) is 0 Å². The first kappa shape index (κ1) is 22.4. The first-order valence-corrected chi connectivity index (χ1v) is 13.0. The monoisotopic (exact) mass is 410 g/mol. The fourth-order valence-electron chi connectivity index (χ4n) is 8.42. The van der Waals surface area contributed by atoms with E-state index in [-0.39, 0.29) is 0 Å². The molecule has 1 heteroatoms. The van der Waals surface area contributed by atoms with Crippen LogP contribution in [0.3, 0.4) is 0 Å². The molecule has 0 saturated heterocycles. The Kier molecular flexibility index (Phi) is 6.42. The van der Waals surface area contributed by atoms with Crippen molar-refractivity contribution in [3.05, 3.63) is 34.9 Å². The third-order valence-electron chi connectivity index (χ3n) is 10.5. The van der Waals surface area contributed by atoms with Gasteiger partial charge in [-0.05, 0) is 121 Å². The number of hydrogen-bond donors (Lipinski definition) is 1. The minimum atomic E-state index is 0.359. The molecule has 1 aromatic rings. The largest absolute Gasteiger partial charge is 0.396 e. The Morgan fingerprint density at radius 3 is 2.53 bits per heavy atom. The summed E-state index contributed by atoms with van der Waals surface area (Å²) in [6.07, 6.45) is 9.58. The van der Waals surface area contributed by atoms with E-state index in [1.807, 2.05) is 0 Å². The molecule has 3 aliphatic carbocycles. The SMILES string of the molecule is Cc1cccc2c1CC[C@@H]1[C@@H]2CC[C@]2(C)[C@@H]([C@H](C)C[C@H](CO)[C@H](C)C(C)C)CC[C@@H]12. The predicted octanol–water partition coefficient (Wildman–Crippen LogP) is 7.39. The highest BCUT2D eigenvalue weighted by Gasteiger charge is 2.55. The molecule has 4 rings (SSSR count). The van der Waals surface area contributed by atoms with Crippen LogP contribution >= 0.6 is 0 Å². The van der Waals surface area contributed by atoms with Crippen molar-refractivity contribution >= 4 is 0 Å². The molecule has 0 spiro atoms. The van der Waals surface area contributed by atoms with Crippen molar-refractivity contribution in [2.24, 2.45) is 46.8 Å². The molecule has 2 fully saturated rings. The molecule has 30 heavy (non-hydrogen) atoms. The second-order valence-corrected chi connectivity index (χ2v) is 12.0. The second-order valence-electron chi connectivity index (χ2n) is 12.0. The van der Waals surface area contributed by atoms with Gasteiger partial charge in [-0.15, -0.1) is 0 Å². The van der Waals surface area contributed by atoms with Crippen molar-refractivity contribution in [1.29, 1.82) is 0 Å². The number of hydrogen-bond acceptors (Lipinski definition) is 1. The van der Waals surface area contributed by atoms with Gasteiger partial charge in [0.1, 0.15) is 0 Å². The quantitative estimate of drug-likeness (QED) is 0.518. The van der Waals surface area contributed by atoms with Crippen molar-refractivity contribution in [1.82, 2.24) is 0 Å². The summed E-state index contributed by atoms with van der Waals surface area (Å²) < 4.78 is 0. The molecule has 1 aromatic carbocycles. The van der Waals surface area contributed by atoms with Crippen LogP contribution in [-0.4, -0.2) is 11.7 Å². The Labute approximate surface area is 186 Å². The third kappa shape index (κ3) is 3.68. The fourth-order valence-corrected chi connectivity index (χ4v) is 8.42. The zero-order valence-electron chi connectivity index (χ0n) is 20.5. The molecule has 8 atom stereocenters. The van der Waals surface area contributed by atoms with Gasteiger partial charge in [0, 0.05) is 6.61 Å². The number of aliphatic hydroxyl groups excluding tert-OH is 1. The van der Waals surface area contributed by atoms with Crippen molar-refractivity contribution in [2.75, 3.05) is 6.61 Å². The van der Waals surface area contributed by atoms with Crippen molar-refractivity contribution in [3.63, 3.8) is 0 Å². The van der Waals surface area contributed by atoms with Gasteiger partial charge in [-0.1, -0.05) is 52.8 Å². The van der Waals surface area contributed by atoms with Crippen LogP contribution in [0.4, 0.5) is 0 Å². The van der Waals surface area contributed by atoms with Crippen LogP contribution in [0.5, 0.6) is 0 Å². The lowest BCUT2D eigenvalue weighted by Crippen LogP contribution is -2.44. The molecular formula is C29H46O. The number of rotatable bonds is 6. The molecule has 1 N–H and O–H groups in total. The Morgan fingerprint density at radius 2 is 1.83 bits per heavy atom. The van der Waals surface area contributed by atoms with E-state index in [0.29, 0.717) is 29.8 Å². The van der Waals surface area contributed by atoms with Gasteiger partial charge in [-0.3, -0.25) is 0 Å². The highest BCUT2D eigenvalue weighted by Crippen LogP contribution is 2.64. The Bertz CT molecular complexity index is 736. The Hall–Kier alpha value is -0.820. The normalized spacial score (nSPS) is 36.0. The van der Waals surface area contributed by atoms with Crippen molar-refractivity contribution in [2.45, 2.75) is 92.4 Å².